The summed E-state index contributed by atoms with van der Waals surface area (Å²) < 4.78 is 10.3. The predicted molar refractivity (Wildman–Crippen MR) is 62.6 cm³/mol. The van der Waals surface area contributed by atoms with Gasteiger partial charge in [-0.15, -0.1) is 0 Å². The topological polar surface area (TPSA) is 61.1 Å². The molecule has 4 heteroatoms. The SMILES string of the molecule is CCC(CC)(CC)CCCP=O.N#CO. The Labute approximate surface area is 94.7 Å². The highest BCUT2D eigenvalue weighted by molar-refractivity contribution is 7.23. The smallest absolute Gasteiger partial charge is 0.283 e. The Kier molecular flexibility index (Phi) is 12.8. The van der Waals surface area contributed by atoms with Gasteiger partial charge in [0.1, 0.15) is 0 Å². The quantitative estimate of drug-likeness (QED) is 0.407. The summed E-state index contributed by atoms with van der Waals surface area (Å²) in [7, 11) is 0.311. The molecule has 0 spiro atoms. The van der Waals surface area contributed by atoms with Gasteiger partial charge in [-0.2, -0.15) is 5.26 Å². The first-order valence-electron chi connectivity index (χ1n) is 5.48. The largest absolute Gasteiger partial charge is 0.443 e. The van der Waals surface area contributed by atoms with E-state index in [1.165, 1.54) is 25.7 Å². The van der Waals surface area contributed by atoms with Crippen LogP contribution in [0.4, 0.5) is 0 Å². The molecule has 0 amide bonds. The van der Waals surface area contributed by atoms with Gasteiger partial charge >= 0.3 is 0 Å². The van der Waals surface area contributed by atoms with E-state index >= 15 is 0 Å². The van der Waals surface area contributed by atoms with Crippen LogP contribution in [0, 0.1) is 16.9 Å². The number of aliphatic hydroxyl groups is 1. The Balaban J connectivity index is 0. The van der Waals surface area contributed by atoms with Gasteiger partial charge < -0.3 is 5.11 Å². The molecule has 0 saturated carbocycles. The molecular weight excluding hydrogens is 209 g/mol. The first-order chi connectivity index (χ1) is 7.16. The van der Waals surface area contributed by atoms with Gasteiger partial charge in [-0.25, -0.2) is 0 Å². The Hall–Kier alpha value is -0.610. The minimum absolute atomic E-state index is 0.311. The van der Waals surface area contributed by atoms with Crippen molar-refractivity contribution in [2.24, 2.45) is 5.41 Å². The van der Waals surface area contributed by atoms with Crippen LogP contribution in [0.25, 0.3) is 0 Å². The van der Waals surface area contributed by atoms with Gasteiger partial charge in [0.15, 0.2) is 8.46 Å². The van der Waals surface area contributed by atoms with Crippen LogP contribution in [0.1, 0.15) is 52.9 Å². The van der Waals surface area contributed by atoms with Crippen LogP contribution in [-0.2, 0) is 4.57 Å². The lowest BCUT2D eigenvalue weighted by atomic mass is 9.76. The molecule has 0 unspecified atom stereocenters. The van der Waals surface area contributed by atoms with E-state index < -0.39 is 0 Å². The lowest BCUT2D eigenvalue weighted by molar-refractivity contribution is 0.227. The molecular formula is C11H22NO2P. The van der Waals surface area contributed by atoms with E-state index in [9.17, 15) is 4.57 Å². The maximum atomic E-state index is 10.3. The summed E-state index contributed by atoms with van der Waals surface area (Å²) in [5, 5.41) is 13.8. The van der Waals surface area contributed by atoms with Crippen molar-refractivity contribution in [3.05, 3.63) is 0 Å². The summed E-state index contributed by atoms with van der Waals surface area (Å²) in [5.74, 6) is 0. The lowest BCUT2D eigenvalue weighted by Gasteiger charge is -2.30. The number of nitriles is 1. The van der Waals surface area contributed by atoms with Crippen LogP contribution < -0.4 is 0 Å². The van der Waals surface area contributed by atoms with Crippen LogP contribution >= 0.6 is 8.46 Å². The van der Waals surface area contributed by atoms with Gasteiger partial charge in [0.2, 0.25) is 0 Å². The van der Waals surface area contributed by atoms with E-state index in [4.69, 9.17) is 10.4 Å². The van der Waals surface area contributed by atoms with E-state index in [1.54, 1.807) is 0 Å². The number of hydrogen-bond donors (Lipinski definition) is 1. The van der Waals surface area contributed by atoms with Crippen molar-refractivity contribution in [3.63, 3.8) is 0 Å². The molecule has 3 nitrogen and oxygen atoms in total. The molecule has 0 heterocycles. The number of nitrogens with zero attached hydrogens (tertiary/aromatic N) is 1. The second-order valence-corrected chi connectivity index (χ2v) is 4.32. The van der Waals surface area contributed by atoms with E-state index in [0.717, 1.165) is 18.8 Å². The molecule has 0 aliphatic carbocycles. The Morgan fingerprint density at radius 1 is 1.27 bits per heavy atom. The minimum atomic E-state index is 0.311. The molecule has 0 aliphatic rings. The average molecular weight is 231 g/mol. The normalized spacial score (nSPS) is 10.3. The van der Waals surface area contributed by atoms with Crippen molar-refractivity contribution in [2.45, 2.75) is 52.9 Å². The highest BCUT2D eigenvalue weighted by atomic mass is 31.1. The molecule has 0 aromatic heterocycles. The number of hydrogen-bond acceptors (Lipinski definition) is 3. The number of rotatable bonds is 7. The molecule has 0 aromatic carbocycles. The fraction of sp³-hybridized carbons (Fsp3) is 0.909. The van der Waals surface area contributed by atoms with E-state index in [1.807, 2.05) is 0 Å². The maximum Gasteiger partial charge on any atom is 0.283 e. The molecule has 0 aliphatic heterocycles. The van der Waals surface area contributed by atoms with Crippen molar-refractivity contribution in [1.82, 2.24) is 0 Å². The Morgan fingerprint density at radius 3 is 1.93 bits per heavy atom. The third-order valence-electron chi connectivity index (χ3n) is 3.21. The minimum Gasteiger partial charge on any atom is -0.443 e. The molecule has 1 N–H and O–H groups in total. The summed E-state index contributed by atoms with van der Waals surface area (Å²) in [6, 6.07) is 0. The van der Waals surface area contributed by atoms with Crippen LogP contribution in [0.3, 0.4) is 0 Å². The molecule has 0 bridgehead atoms. The van der Waals surface area contributed by atoms with Gasteiger partial charge in [-0.05, 0) is 18.3 Å². The first-order valence-corrected chi connectivity index (χ1v) is 6.48. The average Bonchev–Trinajstić information content (AvgIpc) is 2.27. The highest BCUT2D eigenvalue weighted by Gasteiger charge is 2.22. The van der Waals surface area contributed by atoms with Crippen LogP contribution in [0.15, 0.2) is 0 Å². The summed E-state index contributed by atoms with van der Waals surface area (Å²) in [6.07, 6.45) is 7.72. The molecule has 0 atom stereocenters. The van der Waals surface area contributed by atoms with Crippen molar-refractivity contribution < 1.29 is 9.67 Å². The zero-order valence-electron chi connectivity index (χ0n) is 9.99. The zero-order chi connectivity index (χ0) is 12.2. The lowest BCUT2D eigenvalue weighted by Crippen LogP contribution is -2.17. The first kappa shape index (κ1) is 16.8. The summed E-state index contributed by atoms with van der Waals surface area (Å²) in [6.45, 7) is 6.80. The van der Waals surface area contributed by atoms with Crippen molar-refractivity contribution in [1.29, 1.82) is 5.26 Å². The predicted octanol–water partition coefficient (Wildman–Crippen LogP) is 4.11. The van der Waals surface area contributed by atoms with Crippen molar-refractivity contribution in [2.75, 3.05) is 6.16 Å². The Morgan fingerprint density at radius 2 is 1.67 bits per heavy atom. The third-order valence-corrected chi connectivity index (χ3v) is 3.71. The fourth-order valence-electron chi connectivity index (χ4n) is 1.80. The summed E-state index contributed by atoms with van der Waals surface area (Å²) >= 11 is 0. The van der Waals surface area contributed by atoms with Crippen LogP contribution in [0.5, 0.6) is 0 Å². The monoisotopic (exact) mass is 231 g/mol. The molecule has 0 aromatic rings. The van der Waals surface area contributed by atoms with Gasteiger partial charge in [0.25, 0.3) is 6.26 Å². The Bertz CT molecular complexity index is 177. The third kappa shape index (κ3) is 8.39. The van der Waals surface area contributed by atoms with Crippen molar-refractivity contribution in [3.8, 4) is 6.26 Å². The second-order valence-electron chi connectivity index (χ2n) is 3.62. The van der Waals surface area contributed by atoms with Crippen molar-refractivity contribution >= 4 is 8.46 Å². The highest BCUT2D eigenvalue weighted by Crippen LogP contribution is 2.35. The molecule has 0 radical (unpaired) electrons. The number of aliphatic hydroxyl groups excluding tert-OH is 1. The molecule has 0 fully saturated rings. The van der Waals surface area contributed by atoms with Gasteiger partial charge in [0, 0.05) is 6.16 Å². The zero-order valence-corrected chi connectivity index (χ0v) is 10.9. The van der Waals surface area contributed by atoms with Crippen LogP contribution in [0.2, 0.25) is 0 Å². The fourth-order valence-corrected chi connectivity index (χ4v) is 2.09. The molecule has 88 valence electrons. The van der Waals surface area contributed by atoms with Gasteiger partial charge in [0.05, 0.1) is 0 Å². The maximum absolute atomic E-state index is 10.3. The molecule has 15 heavy (non-hydrogen) atoms. The van der Waals surface area contributed by atoms with Gasteiger partial charge in [-0.3, -0.25) is 4.57 Å². The summed E-state index contributed by atoms with van der Waals surface area (Å²) in [5.41, 5.74) is 0.532. The molecule has 0 saturated heterocycles. The van der Waals surface area contributed by atoms with Crippen LogP contribution in [-0.4, -0.2) is 11.3 Å². The van der Waals surface area contributed by atoms with E-state index in [-0.39, 0.29) is 0 Å². The summed E-state index contributed by atoms with van der Waals surface area (Å²) in [4.78, 5) is 0. The van der Waals surface area contributed by atoms with Gasteiger partial charge in [-0.1, -0.05) is 40.0 Å². The second kappa shape index (κ2) is 11.5. The van der Waals surface area contributed by atoms with E-state index in [2.05, 4.69) is 20.8 Å². The molecule has 0 rings (SSSR count). The van der Waals surface area contributed by atoms with E-state index in [0.29, 0.717) is 13.9 Å². The standard InChI is InChI=1S/C10H21OP.CHNO/c1-4-10(5-2,6-3)8-7-9-12-11;2-1-3/h4-9H2,1-3H3;3H.